The molecule has 0 amide bonds. The summed E-state index contributed by atoms with van der Waals surface area (Å²) in [6, 6.07) is 6.34. The number of nitrogens with one attached hydrogen (secondary N) is 1. The fourth-order valence-corrected chi connectivity index (χ4v) is 1.66. The highest BCUT2D eigenvalue weighted by atomic mass is 19.1. The molecule has 1 rings (SSSR count). The number of halogens is 1. The van der Waals surface area contributed by atoms with Crippen molar-refractivity contribution in [3.63, 3.8) is 0 Å². The van der Waals surface area contributed by atoms with Crippen LogP contribution in [0.1, 0.15) is 12.0 Å². The van der Waals surface area contributed by atoms with Gasteiger partial charge in [-0.3, -0.25) is 9.59 Å². The molecule has 0 radical (unpaired) electrons. The van der Waals surface area contributed by atoms with Crippen LogP contribution in [0.25, 0.3) is 0 Å². The Morgan fingerprint density at radius 2 is 1.95 bits per heavy atom. The number of carboxylic acid groups (broad SMARTS) is 2. The maximum atomic E-state index is 13.3. The van der Waals surface area contributed by atoms with E-state index < -0.39 is 24.3 Å². The molecule has 0 saturated heterocycles. The van der Waals surface area contributed by atoms with Gasteiger partial charge in [0.1, 0.15) is 5.82 Å². The Morgan fingerprint density at radius 1 is 1.26 bits per heavy atom. The highest BCUT2D eigenvalue weighted by Gasteiger charge is 2.20. The van der Waals surface area contributed by atoms with Crippen LogP contribution in [0.5, 0.6) is 0 Å². The molecular weight excluding hydrogens is 253 g/mol. The van der Waals surface area contributed by atoms with Crippen LogP contribution in [0.4, 0.5) is 4.39 Å². The van der Waals surface area contributed by atoms with Gasteiger partial charge in [0.15, 0.2) is 0 Å². The summed E-state index contributed by atoms with van der Waals surface area (Å²) >= 11 is 0. The molecule has 0 aliphatic carbocycles. The summed E-state index contributed by atoms with van der Waals surface area (Å²) in [5, 5.41) is 20.2. The second-order valence-electron chi connectivity index (χ2n) is 4.18. The highest BCUT2D eigenvalue weighted by molar-refractivity contribution is 5.77. The summed E-state index contributed by atoms with van der Waals surface area (Å²) in [4.78, 5) is 21.3. The summed E-state index contributed by atoms with van der Waals surface area (Å²) in [6.07, 6.45) is -0.00584. The lowest BCUT2D eigenvalue weighted by atomic mass is 10.1. The van der Waals surface area contributed by atoms with Crippen LogP contribution in [0.2, 0.25) is 0 Å². The molecule has 0 heterocycles. The third-order valence-corrected chi connectivity index (χ3v) is 2.69. The van der Waals surface area contributed by atoms with Crippen molar-refractivity contribution in [2.24, 2.45) is 5.92 Å². The van der Waals surface area contributed by atoms with Crippen molar-refractivity contribution in [1.29, 1.82) is 0 Å². The first-order valence-electron chi connectivity index (χ1n) is 5.89. The van der Waals surface area contributed by atoms with E-state index in [0.717, 1.165) is 0 Å². The predicted molar refractivity (Wildman–Crippen MR) is 66.4 cm³/mol. The van der Waals surface area contributed by atoms with Crippen molar-refractivity contribution in [3.8, 4) is 0 Å². The molecule has 0 aromatic heterocycles. The monoisotopic (exact) mass is 269 g/mol. The SMILES string of the molecule is O=C(O)CC(CNCCc1ccccc1F)C(=O)O. The van der Waals surface area contributed by atoms with Gasteiger partial charge in [0, 0.05) is 6.54 Å². The second-order valence-corrected chi connectivity index (χ2v) is 4.18. The number of aliphatic carboxylic acids is 2. The fraction of sp³-hybridized carbons (Fsp3) is 0.385. The molecule has 0 saturated carbocycles. The van der Waals surface area contributed by atoms with E-state index in [4.69, 9.17) is 10.2 Å². The Labute approximate surface area is 110 Å². The summed E-state index contributed by atoms with van der Waals surface area (Å²) in [6.45, 7) is 0.445. The first-order valence-corrected chi connectivity index (χ1v) is 5.89. The minimum Gasteiger partial charge on any atom is -0.481 e. The Morgan fingerprint density at radius 3 is 2.53 bits per heavy atom. The van der Waals surface area contributed by atoms with Crippen molar-refractivity contribution >= 4 is 11.9 Å². The lowest BCUT2D eigenvalue weighted by Gasteiger charge is -2.11. The Bertz CT molecular complexity index is 450. The van der Waals surface area contributed by atoms with E-state index in [1.165, 1.54) is 6.07 Å². The molecule has 104 valence electrons. The van der Waals surface area contributed by atoms with E-state index in [1.54, 1.807) is 18.2 Å². The second kappa shape index (κ2) is 7.48. The first-order chi connectivity index (χ1) is 9.00. The minimum absolute atomic E-state index is 0.0517. The molecule has 0 aliphatic rings. The van der Waals surface area contributed by atoms with Gasteiger partial charge in [-0.25, -0.2) is 4.39 Å². The zero-order valence-corrected chi connectivity index (χ0v) is 10.3. The minimum atomic E-state index is -1.15. The Hall–Kier alpha value is -1.95. The average molecular weight is 269 g/mol. The summed E-state index contributed by atoms with van der Waals surface area (Å²) in [7, 11) is 0. The largest absolute Gasteiger partial charge is 0.481 e. The standard InChI is InChI=1S/C13H16FNO4/c14-11-4-2-1-3-9(11)5-6-15-8-10(13(18)19)7-12(16)17/h1-4,10,15H,5-8H2,(H,16,17)(H,18,19). The molecule has 1 atom stereocenters. The van der Waals surface area contributed by atoms with E-state index in [0.29, 0.717) is 18.5 Å². The molecule has 1 unspecified atom stereocenters. The highest BCUT2D eigenvalue weighted by Crippen LogP contribution is 2.07. The van der Waals surface area contributed by atoms with Crippen molar-refractivity contribution < 1.29 is 24.2 Å². The maximum absolute atomic E-state index is 13.3. The van der Waals surface area contributed by atoms with Crippen molar-refractivity contribution in [2.75, 3.05) is 13.1 Å². The van der Waals surface area contributed by atoms with Crippen LogP contribution < -0.4 is 5.32 Å². The molecule has 6 heteroatoms. The molecular formula is C13H16FNO4. The van der Waals surface area contributed by atoms with Gasteiger partial charge in [0.2, 0.25) is 0 Å². The molecule has 0 bridgehead atoms. The van der Waals surface area contributed by atoms with Gasteiger partial charge in [0.25, 0.3) is 0 Å². The van der Waals surface area contributed by atoms with Crippen LogP contribution in [-0.2, 0) is 16.0 Å². The van der Waals surface area contributed by atoms with Crippen LogP contribution in [0.3, 0.4) is 0 Å². The van der Waals surface area contributed by atoms with Crippen LogP contribution in [0.15, 0.2) is 24.3 Å². The quantitative estimate of drug-likeness (QED) is 0.616. The number of rotatable bonds is 8. The molecule has 1 aromatic carbocycles. The van der Waals surface area contributed by atoms with Crippen molar-refractivity contribution in [1.82, 2.24) is 5.32 Å². The van der Waals surface area contributed by atoms with Crippen molar-refractivity contribution in [2.45, 2.75) is 12.8 Å². The summed E-state index contributed by atoms with van der Waals surface area (Å²) in [5.74, 6) is -3.58. The van der Waals surface area contributed by atoms with E-state index >= 15 is 0 Å². The molecule has 5 nitrogen and oxygen atoms in total. The van der Waals surface area contributed by atoms with Gasteiger partial charge in [0.05, 0.1) is 12.3 Å². The third-order valence-electron chi connectivity index (χ3n) is 2.69. The van der Waals surface area contributed by atoms with Gasteiger partial charge < -0.3 is 15.5 Å². The molecule has 1 aromatic rings. The van der Waals surface area contributed by atoms with E-state index in [9.17, 15) is 14.0 Å². The third kappa shape index (κ3) is 5.48. The number of carbonyl (C=O) groups is 2. The molecule has 19 heavy (non-hydrogen) atoms. The van der Waals surface area contributed by atoms with E-state index in [2.05, 4.69) is 5.32 Å². The first kappa shape index (κ1) is 15.1. The van der Waals surface area contributed by atoms with Gasteiger partial charge in [-0.2, -0.15) is 0 Å². The Balaban J connectivity index is 2.35. The zero-order chi connectivity index (χ0) is 14.3. The lowest BCUT2D eigenvalue weighted by molar-refractivity contribution is -0.148. The normalized spacial score (nSPS) is 12.1. The molecule has 3 N–H and O–H groups in total. The van der Waals surface area contributed by atoms with Gasteiger partial charge >= 0.3 is 11.9 Å². The van der Waals surface area contributed by atoms with E-state index in [1.807, 2.05) is 0 Å². The number of hydrogen-bond donors (Lipinski definition) is 3. The summed E-state index contributed by atoms with van der Waals surface area (Å²) < 4.78 is 13.3. The number of hydrogen-bond acceptors (Lipinski definition) is 3. The van der Waals surface area contributed by atoms with Crippen LogP contribution >= 0.6 is 0 Å². The summed E-state index contributed by atoms with van der Waals surface area (Å²) in [5.41, 5.74) is 0.542. The predicted octanol–water partition coefficient (Wildman–Crippen LogP) is 1.13. The maximum Gasteiger partial charge on any atom is 0.308 e. The Kier molecular flexibility index (Phi) is 5.95. The lowest BCUT2D eigenvalue weighted by Crippen LogP contribution is -2.31. The zero-order valence-electron chi connectivity index (χ0n) is 10.3. The van der Waals surface area contributed by atoms with Gasteiger partial charge in [-0.15, -0.1) is 0 Å². The topological polar surface area (TPSA) is 86.6 Å². The number of benzene rings is 1. The molecule has 0 aliphatic heterocycles. The number of carboxylic acids is 2. The average Bonchev–Trinajstić information content (AvgIpc) is 2.34. The van der Waals surface area contributed by atoms with Crippen molar-refractivity contribution in [3.05, 3.63) is 35.6 Å². The smallest absolute Gasteiger partial charge is 0.308 e. The van der Waals surface area contributed by atoms with E-state index in [-0.39, 0.29) is 12.4 Å². The molecule has 0 fully saturated rings. The van der Waals surface area contributed by atoms with Crippen LogP contribution in [0, 0.1) is 11.7 Å². The fourth-order valence-electron chi connectivity index (χ4n) is 1.66. The molecule has 0 spiro atoms. The van der Waals surface area contributed by atoms with Crippen LogP contribution in [-0.4, -0.2) is 35.2 Å². The van der Waals surface area contributed by atoms with Gasteiger partial charge in [-0.05, 0) is 24.6 Å². The van der Waals surface area contributed by atoms with Gasteiger partial charge in [-0.1, -0.05) is 18.2 Å².